The average molecular weight is 438 g/mol. The van der Waals surface area contributed by atoms with Gasteiger partial charge in [0.15, 0.2) is 12.2 Å². The second-order valence-electron chi connectivity index (χ2n) is 5.48. The molecule has 0 aromatic heterocycles. The van der Waals surface area contributed by atoms with Crippen molar-refractivity contribution < 1.29 is 56.3 Å². The Kier molecular flexibility index (Phi) is 12.8. The van der Waals surface area contributed by atoms with Crippen LogP contribution in [-0.4, -0.2) is 69.8 Å². The molecular weight excluding hydrogens is 414 g/mol. The van der Waals surface area contributed by atoms with Crippen LogP contribution in [0.4, 0.5) is 26.3 Å². The summed E-state index contributed by atoms with van der Waals surface area (Å²) in [6, 6.07) is 7.58. The van der Waals surface area contributed by atoms with Gasteiger partial charge in [0.05, 0.1) is 11.7 Å². The minimum atomic E-state index is -4.96. The lowest BCUT2D eigenvalue weighted by molar-refractivity contribution is -0.233. The molecule has 0 saturated carbocycles. The fourth-order valence-corrected chi connectivity index (χ4v) is 1.57. The Morgan fingerprint density at radius 1 is 0.897 bits per heavy atom. The molecule has 0 heterocycles. The Balaban J connectivity index is 0. The van der Waals surface area contributed by atoms with Gasteiger partial charge in [-0.1, -0.05) is 32.5 Å². The number of ether oxygens (including phenoxy) is 1. The van der Waals surface area contributed by atoms with Crippen LogP contribution in [0.1, 0.15) is 31.1 Å². The highest BCUT2D eigenvalue weighted by molar-refractivity contribution is 5.89. The minimum Gasteiger partial charge on any atom is -0.459 e. The van der Waals surface area contributed by atoms with Gasteiger partial charge in [-0.15, -0.1) is 0 Å². The summed E-state index contributed by atoms with van der Waals surface area (Å²) in [6.45, 7) is 0.425. The Morgan fingerprint density at radius 2 is 1.31 bits per heavy atom. The average Bonchev–Trinajstić information content (AvgIpc) is 2.63. The molecule has 1 rings (SSSR count). The number of carbonyl (C=O) groups excluding carboxylic acids is 1. The number of rotatable bonds is 6. The molecule has 1 aromatic rings. The molecule has 0 fully saturated rings. The fraction of sp³-hybridized carbons (Fsp3) is 0.588. The highest BCUT2D eigenvalue weighted by Gasteiger charge is 2.43. The van der Waals surface area contributed by atoms with E-state index in [9.17, 15) is 31.1 Å². The molecule has 0 amide bonds. The van der Waals surface area contributed by atoms with E-state index in [0.717, 1.165) is 0 Å². The van der Waals surface area contributed by atoms with Crippen LogP contribution in [0.15, 0.2) is 30.3 Å². The third kappa shape index (κ3) is 11.0. The molecule has 0 radical (unpaired) electrons. The lowest BCUT2D eigenvalue weighted by atomic mass is 10.1. The largest absolute Gasteiger partial charge is 0.459 e. The van der Waals surface area contributed by atoms with Gasteiger partial charge in [0.1, 0.15) is 12.7 Å². The van der Waals surface area contributed by atoms with Crippen molar-refractivity contribution in [2.24, 2.45) is 0 Å². The molecule has 0 aliphatic carbocycles. The standard InChI is InChI=1S/C11H11F3O4.C5H9F3O2.CH4/c12-11(13,14)9(16)8(15)6-18-10(17)7-4-2-1-3-5-7;1-2-3(9)4(10)5(6,7)8;/h1-5,8-9,15-16H,6H2;3-4,9-10H,2H2,1H3;1H4/t8-,9+;3-,4+;/m01./s1. The monoisotopic (exact) mass is 438 g/mol. The van der Waals surface area contributed by atoms with Gasteiger partial charge >= 0.3 is 18.3 Å². The number of aliphatic hydroxyl groups is 4. The van der Waals surface area contributed by atoms with Crippen LogP contribution in [-0.2, 0) is 4.74 Å². The first kappa shape index (κ1) is 29.3. The van der Waals surface area contributed by atoms with Crippen molar-refractivity contribution in [1.29, 1.82) is 0 Å². The van der Waals surface area contributed by atoms with Crippen molar-refractivity contribution in [3.63, 3.8) is 0 Å². The van der Waals surface area contributed by atoms with Crippen LogP contribution in [0.3, 0.4) is 0 Å². The van der Waals surface area contributed by atoms with Crippen molar-refractivity contribution in [3.05, 3.63) is 35.9 Å². The number of hydrogen-bond acceptors (Lipinski definition) is 6. The van der Waals surface area contributed by atoms with Crippen LogP contribution in [0.2, 0.25) is 0 Å². The third-order valence-electron chi connectivity index (χ3n) is 3.21. The number of carbonyl (C=O) groups is 1. The predicted molar refractivity (Wildman–Crippen MR) is 89.9 cm³/mol. The molecular formula is C17H24F6O6. The first-order valence-electron chi connectivity index (χ1n) is 7.79. The molecule has 170 valence electrons. The van der Waals surface area contributed by atoms with Gasteiger partial charge in [-0.2, -0.15) is 26.3 Å². The number of esters is 1. The molecule has 0 aliphatic rings. The normalized spacial score (nSPS) is 15.7. The predicted octanol–water partition coefficient (Wildman–Crippen LogP) is 2.44. The summed E-state index contributed by atoms with van der Waals surface area (Å²) < 4.78 is 74.9. The Bertz CT molecular complexity index is 578. The van der Waals surface area contributed by atoms with Crippen molar-refractivity contribution in [2.45, 2.75) is 57.5 Å². The van der Waals surface area contributed by atoms with Crippen LogP contribution in [0, 0.1) is 0 Å². The van der Waals surface area contributed by atoms with Gasteiger partial charge in [0.2, 0.25) is 0 Å². The highest BCUT2D eigenvalue weighted by atomic mass is 19.4. The maximum Gasteiger partial charge on any atom is 0.417 e. The first-order chi connectivity index (χ1) is 12.7. The van der Waals surface area contributed by atoms with Crippen LogP contribution in [0.5, 0.6) is 0 Å². The molecule has 6 nitrogen and oxygen atoms in total. The molecule has 0 bridgehead atoms. The van der Waals surface area contributed by atoms with Gasteiger partial charge < -0.3 is 25.2 Å². The van der Waals surface area contributed by atoms with Gasteiger partial charge in [-0.05, 0) is 18.6 Å². The van der Waals surface area contributed by atoms with Crippen LogP contribution < -0.4 is 0 Å². The van der Waals surface area contributed by atoms with E-state index in [0.29, 0.717) is 0 Å². The van der Waals surface area contributed by atoms with Crippen molar-refractivity contribution in [3.8, 4) is 0 Å². The molecule has 12 heteroatoms. The van der Waals surface area contributed by atoms with Crippen molar-refractivity contribution in [2.75, 3.05) is 6.61 Å². The zero-order valence-corrected chi connectivity index (χ0v) is 14.5. The fourth-order valence-electron chi connectivity index (χ4n) is 1.57. The molecule has 1 aromatic carbocycles. The second kappa shape index (κ2) is 12.6. The molecule has 0 spiro atoms. The number of aliphatic hydroxyl groups excluding tert-OH is 4. The van der Waals surface area contributed by atoms with E-state index in [1.807, 2.05) is 0 Å². The summed E-state index contributed by atoms with van der Waals surface area (Å²) in [6.07, 6.45) is -19.3. The molecule has 29 heavy (non-hydrogen) atoms. The van der Waals surface area contributed by atoms with Gasteiger partial charge in [-0.25, -0.2) is 4.79 Å². The van der Waals surface area contributed by atoms with Gasteiger partial charge in [0, 0.05) is 0 Å². The minimum absolute atomic E-state index is 0. The Hall–Kier alpha value is -1.89. The smallest absolute Gasteiger partial charge is 0.417 e. The van der Waals surface area contributed by atoms with E-state index >= 15 is 0 Å². The topological polar surface area (TPSA) is 107 Å². The van der Waals surface area contributed by atoms with E-state index in [-0.39, 0.29) is 19.4 Å². The maximum absolute atomic E-state index is 12.0. The van der Waals surface area contributed by atoms with E-state index in [1.165, 1.54) is 19.1 Å². The highest BCUT2D eigenvalue weighted by Crippen LogP contribution is 2.23. The lowest BCUT2D eigenvalue weighted by Gasteiger charge is -2.20. The zero-order valence-electron chi connectivity index (χ0n) is 14.5. The van der Waals surface area contributed by atoms with Gasteiger partial charge in [0.25, 0.3) is 0 Å². The second-order valence-corrected chi connectivity index (χ2v) is 5.48. The summed E-state index contributed by atoms with van der Waals surface area (Å²) in [5.41, 5.74) is 0.145. The summed E-state index contributed by atoms with van der Waals surface area (Å²) in [7, 11) is 0. The SMILES string of the molecule is C.CC[C@@H](O)[C@H](O)C(F)(F)F.O=C(OC[C@H](O)[C@@H](O)C(F)(F)F)c1ccccc1. The quantitative estimate of drug-likeness (QED) is 0.402. The number of halogens is 6. The first-order valence-corrected chi connectivity index (χ1v) is 7.79. The Labute approximate surface area is 163 Å². The molecule has 0 unspecified atom stereocenters. The van der Waals surface area contributed by atoms with Crippen molar-refractivity contribution >= 4 is 5.97 Å². The maximum atomic E-state index is 12.0. The van der Waals surface area contributed by atoms with Crippen LogP contribution in [0.25, 0.3) is 0 Å². The van der Waals surface area contributed by atoms with Gasteiger partial charge in [-0.3, -0.25) is 0 Å². The van der Waals surface area contributed by atoms with Crippen molar-refractivity contribution in [1.82, 2.24) is 0 Å². The Morgan fingerprint density at radius 3 is 1.66 bits per heavy atom. The molecule has 0 aliphatic heterocycles. The van der Waals surface area contributed by atoms with E-state index < -0.39 is 49.3 Å². The number of benzene rings is 1. The molecule has 4 N–H and O–H groups in total. The zero-order chi connectivity index (χ0) is 22.1. The molecule has 0 saturated heterocycles. The summed E-state index contributed by atoms with van der Waals surface area (Å²) in [5, 5.41) is 34.4. The lowest BCUT2D eigenvalue weighted by Crippen LogP contribution is -2.42. The number of hydrogen-bond donors (Lipinski definition) is 4. The van der Waals surface area contributed by atoms with E-state index in [4.69, 9.17) is 20.4 Å². The summed E-state index contributed by atoms with van der Waals surface area (Å²) >= 11 is 0. The third-order valence-corrected chi connectivity index (χ3v) is 3.21. The number of alkyl halides is 6. The van der Waals surface area contributed by atoms with Crippen LogP contribution >= 0.6 is 0 Å². The summed E-state index contributed by atoms with van der Waals surface area (Å²) in [4.78, 5) is 11.3. The van der Waals surface area contributed by atoms with E-state index in [2.05, 4.69) is 4.74 Å². The summed E-state index contributed by atoms with van der Waals surface area (Å²) in [5.74, 6) is -0.871. The van der Waals surface area contributed by atoms with E-state index in [1.54, 1.807) is 18.2 Å². The molecule has 4 atom stereocenters.